The monoisotopic (exact) mass is 306 g/mol. The molecule has 2 aliphatic rings. The van der Waals surface area contributed by atoms with Gasteiger partial charge in [-0.3, -0.25) is 4.99 Å². The Balaban J connectivity index is 1.67. The lowest BCUT2D eigenvalue weighted by Crippen LogP contribution is -2.43. The van der Waals surface area contributed by atoms with E-state index in [4.69, 9.17) is 4.99 Å². The molecule has 2 aromatic rings. The summed E-state index contributed by atoms with van der Waals surface area (Å²) in [7, 11) is 0. The van der Waals surface area contributed by atoms with E-state index in [-0.39, 0.29) is 5.41 Å². The van der Waals surface area contributed by atoms with Crippen LogP contribution < -0.4 is 5.32 Å². The lowest BCUT2D eigenvalue weighted by atomic mass is 9.68. The Labute approximate surface area is 137 Å². The highest BCUT2D eigenvalue weighted by atomic mass is 15.1. The van der Waals surface area contributed by atoms with E-state index in [1.165, 1.54) is 43.2 Å². The summed E-state index contributed by atoms with van der Waals surface area (Å²) in [5.74, 6) is 2.07. The van der Waals surface area contributed by atoms with Crippen LogP contribution in [0.25, 0.3) is 0 Å². The van der Waals surface area contributed by atoms with Gasteiger partial charge in [0, 0.05) is 17.2 Å². The van der Waals surface area contributed by atoms with Gasteiger partial charge in [-0.1, -0.05) is 49.6 Å². The molecule has 0 atom stereocenters. The second-order valence-corrected chi connectivity index (χ2v) is 6.69. The predicted octanol–water partition coefficient (Wildman–Crippen LogP) is 3.99. The minimum atomic E-state index is 0.157. The molecule has 4 heteroatoms. The van der Waals surface area contributed by atoms with Gasteiger partial charge in [-0.15, -0.1) is 0 Å². The van der Waals surface area contributed by atoms with E-state index in [1.54, 1.807) is 6.33 Å². The highest BCUT2D eigenvalue weighted by molar-refractivity contribution is 6.01. The van der Waals surface area contributed by atoms with Crippen LogP contribution in [0.5, 0.6) is 0 Å². The van der Waals surface area contributed by atoms with Crippen LogP contribution >= 0.6 is 0 Å². The molecule has 0 unspecified atom stereocenters. The van der Waals surface area contributed by atoms with Gasteiger partial charge in [0.25, 0.3) is 0 Å². The summed E-state index contributed by atoms with van der Waals surface area (Å²) in [5.41, 5.74) is 2.64. The first-order valence-electron chi connectivity index (χ1n) is 8.51. The molecule has 1 fully saturated rings. The molecule has 1 saturated carbocycles. The predicted molar refractivity (Wildman–Crippen MR) is 92.5 cm³/mol. The molecule has 4 nitrogen and oxygen atoms in total. The fourth-order valence-corrected chi connectivity index (χ4v) is 3.90. The summed E-state index contributed by atoms with van der Waals surface area (Å²) in [6, 6.07) is 10.5. The lowest BCUT2D eigenvalue weighted by molar-refractivity contribution is 0.277. The van der Waals surface area contributed by atoms with E-state index in [2.05, 4.69) is 39.6 Å². The average Bonchev–Trinajstić information content (AvgIpc) is 2.61. The standard InChI is InChI=1S/C19H22N4/c1-3-7-15(8-4-1)12-21-18-19(9-5-2-6-10-19)11-16-13-20-14-22-17(16)23-18/h1,3-4,7-8,13-14H,2,5-6,9-12H2,(H,20,21,22,23). The Morgan fingerprint density at radius 1 is 1.09 bits per heavy atom. The van der Waals surface area contributed by atoms with Gasteiger partial charge in [0.05, 0.1) is 6.54 Å². The van der Waals surface area contributed by atoms with Crippen molar-refractivity contribution < 1.29 is 0 Å². The molecule has 1 N–H and O–H groups in total. The second-order valence-electron chi connectivity index (χ2n) is 6.69. The first kappa shape index (κ1) is 14.4. The Hall–Kier alpha value is -2.23. The highest BCUT2D eigenvalue weighted by Gasteiger charge is 2.41. The Morgan fingerprint density at radius 3 is 2.74 bits per heavy atom. The molecule has 1 aliphatic heterocycles. The molecule has 0 amide bonds. The fourth-order valence-electron chi connectivity index (χ4n) is 3.90. The third kappa shape index (κ3) is 2.85. The van der Waals surface area contributed by atoms with Crippen molar-refractivity contribution in [3.05, 3.63) is 54.0 Å². The third-order valence-electron chi connectivity index (χ3n) is 5.13. The number of hydrogen-bond donors (Lipinski definition) is 1. The number of fused-ring (bicyclic) bond motifs is 1. The summed E-state index contributed by atoms with van der Waals surface area (Å²) in [4.78, 5) is 13.6. The Morgan fingerprint density at radius 2 is 1.91 bits per heavy atom. The molecule has 0 radical (unpaired) electrons. The molecule has 0 saturated heterocycles. The van der Waals surface area contributed by atoms with Crippen LogP contribution in [0.2, 0.25) is 0 Å². The van der Waals surface area contributed by atoms with Crippen molar-refractivity contribution in [3.63, 3.8) is 0 Å². The Bertz CT molecular complexity index is 702. The van der Waals surface area contributed by atoms with Gasteiger partial charge in [-0.05, 0) is 24.8 Å². The SMILES string of the molecule is c1ccc(CN=C2Nc3ncncc3CC23CCCCC3)cc1. The number of amidine groups is 1. The largest absolute Gasteiger partial charge is 0.328 e. The summed E-state index contributed by atoms with van der Waals surface area (Å²) in [6.45, 7) is 0.728. The number of anilines is 1. The molecule has 1 aliphatic carbocycles. The highest BCUT2D eigenvalue weighted by Crippen LogP contribution is 2.44. The smallest absolute Gasteiger partial charge is 0.137 e. The van der Waals surface area contributed by atoms with Crippen molar-refractivity contribution >= 4 is 11.7 Å². The molecule has 4 rings (SSSR count). The number of nitrogens with zero attached hydrogens (tertiary/aromatic N) is 3. The van der Waals surface area contributed by atoms with Crippen molar-refractivity contribution in [2.24, 2.45) is 10.4 Å². The van der Waals surface area contributed by atoms with Crippen molar-refractivity contribution in [2.75, 3.05) is 5.32 Å². The normalized spacial score (nSPS) is 21.0. The van der Waals surface area contributed by atoms with Crippen molar-refractivity contribution in [1.29, 1.82) is 0 Å². The average molecular weight is 306 g/mol. The van der Waals surface area contributed by atoms with Crippen LogP contribution in [0.15, 0.2) is 47.8 Å². The van der Waals surface area contributed by atoms with Crippen LogP contribution in [0.1, 0.15) is 43.2 Å². The number of aromatic nitrogens is 2. The number of nitrogens with one attached hydrogen (secondary N) is 1. The molecule has 0 bridgehead atoms. The van der Waals surface area contributed by atoms with Gasteiger partial charge in [0.1, 0.15) is 18.0 Å². The minimum Gasteiger partial charge on any atom is -0.328 e. The summed E-state index contributed by atoms with van der Waals surface area (Å²) in [6.07, 6.45) is 10.9. The quantitative estimate of drug-likeness (QED) is 0.912. The Kier molecular flexibility index (Phi) is 3.82. The van der Waals surface area contributed by atoms with Crippen LogP contribution in [0.3, 0.4) is 0 Å². The van der Waals surface area contributed by atoms with Crippen LogP contribution in [0, 0.1) is 5.41 Å². The first-order chi connectivity index (χ1) is 11.4. The molecule has 23 heavy (non-hydrogen) atoms. The summed E-state index contributed by atoms with van der Waals surface area (Å²) in [5, 5.41) is 3.53. The zero-order valence-corrected chi connectivity index (χ0v) is 13.3. The minimum absolute atomic E-state index is 0.157. The van der Waals surface area contributed by atoms with Crippen molar-refractivity contribution in [1.82, 2.24) is 9.97 Å². The number of benzene rings is 1. The van der Waals surface area contributed by atoms with Crippen LogP contribution in [-0.2, 0) is 13.0 Å². The molecule has 1 spiro atoms. The summed E-state index contributed by atoms with van der Waals surface area (Å²) < 4.78 is 0. The van der Waals surface area contributed by atoms with Crippen LogP contribution in [0.4, 0.5) is 5.82 Å². The van der Waals surface area contributed by atoms with Gasteiger partial charge in [-0.25, -0.2) is 9.97 Å². The number of aliphatic imine (C=N–C) groups is 1. The zero-order chi connectivity index (χ0) is 15.5. The number of rotatable bonds is 2. The van der Waals surface area contributed by atoms with Gasteiger partial charge in [0.2, 0.25) is 0 Å². The first-order valence-corrected chi connectivity index (χ1v) is 8.51. The maximum atomic E-state index is 4.97. The maximum absolute atomic E-state index is 4.97. The topological polar surface area (TPSA) is 50.2 Å². The van der Waals surface area contributed by atoms with Gasteiger partial charge in [-0.2, -0.15) is 0 Å². The van der Waals surface area contributed by atoms with E-state index >= 15 is 0 Å². The molecule has 1 aromatic heterocycles. The van der Waals surface area contributed by atoms with E-state index in [0.29, 0.717) is 0 Å². The van der Waals surface area contributed by atoms with E-state index in [1.807, 2.05) is 12.3 Å². The van der Waals surface area contributed by atoms with E-state index < -0.39 is 0 Å². The van der Waals surface area contributed by atoms with Gasteiger partial charge in [0.15, 0.2) is 0 Å². The van der Waals surface area contributed by atoms with E-state index in [0.717, 1.165) is 24.6 Å². The fraction of sp³-hybridized carbons (Fsp3) is 0.421. The summed E-state index contributed by atoms with van der Waals surface area (Å²) >= 11 is 0. The molecule has 118 valence electrons. The van der Waals surface area contributed by atoms with Crippen LogP contribution in [-0.4, -0.2) is 15.8 Å². The maximum Gasteiger partial charge on any atom is 0.137 e. The van der Waals surface area contributed by atoms with E-state index in [9.17, 15) is 0 Å². The second kappa shape index (κ2) is 6.11. The molecular formula is C19H22N4. The zero-order valence-electron chi connectivity index (χ0n) is 13.3. The number of hydrogen-bond acceptors (Lipinski definition) is 3. The molecule has 2 heterocycles. The lowest BCUT2D eigenvalue weighted by Gasteiger charge is -2.42. The molecular weight excluding hydrogens is 284 g/mol. The third-order valence-corrected chi connectivity index (χ3v) is 5.13. The van der Waals surface area contributed by atoms with Crippen molar-refractivity contribution in [2.45, 2.75) is 45.1 Å². The molecule has 1 aromatic carbocycles. The van der Waals surface area contributed by atoms with Crippen molar-refractivity contribution in [3.8, 4) is 0 Å². The van der Waals surface area contributed by atoms with Gasteiger partial charge < -0.3 is 5.32 Å². The van der Waals surface area contributed by atoms with Gasteiger partial charge >= 0.3 is 0 Å².